The van der Waals surface area contributed by atoms with Crippen LogP contribution in [0.5, 0.6) is 0 Å². The molecule has 1 fully saturated rings. The second-order valence-electron chi connectivity index (χ2n) is 7.75. The van der Waals surface area contributed by atoms with Gasteiger partial charge in [-0.2, -0.15) is 4.31 Å². The Bertz CT molecular complexity index is 901. The number of nitrogens with zero attached hydrogens (tertiary/aromatic N) is 3. The molecular formula is C21H29N3O3S2. The Balaban J connectivity index is 1.49. The molecule has 1 aliphatic heterocycles. The van der Waals surface area contributed by atoms with Gasteiger partial charge in [0.1, 0.15) is 4.21 Å². The van der Waals surface area contributed by atoms with E-state index in [1.54, 1.807) is 22.4 Å². The van der Waals surface area contributed by atoms with Crippen molar-refractivity contribution in [3.8, 4) is 0 Å². The number of benzene rings is 1. The summed E-state index contributed by atoms with van der Waals surface area (Å²) in [6, 6.07) is 12.0. The van der Waals surface area contributed by atoms with Crippen LogP contribution in [-0.2, 0) is 21.4 Å². The first-order valence-corrected chi connectivity index (χ1v) is 12.2. The van der Waals surface area contributed by atoms with Crippen LogP contribution in [0.2, 0.25) is 0 Å². The molecule has 158 valence electrons. The third-order valence-corrected chi connectivity index (χ3v) is 8.47. The van der Waals surface area contributed by atoms with Crippen LogP contribution in [0.25, 0.3) is 0 Å². The Morgan fingerprint density at radius 1 is 1.10 bits per heavy atom. The number of rotatable bonds is 7. The van der Waals surface area contributed by atoms with E-state index in [-0.39, 0.29) is 16.7 Å². The number of carbonyl (C=O) groups is 1. The molecule has 0 spiro atoms. The number of hydrogen-bond donors (Lipinski definition) is 0. The minimum Gasteiger partial charge on any atom is -0.339 e. The van der Waals surface area contributed by atoms with Crippen LogP contribution >= 0.6 is 11.3 Å². The maximum atomic E-state index is 12.6. The van der Waals surface area contributed by atoms with Crippen molar-refractivity contribution in [1.82, 2.24) is 14.1 Å². The summed E-state index contributed by atoms with van der Waals surface area (Å²) in [6.45, 7) is 7.94. The van der Waals surface area contributed by atoms with Gasteiger partial charge in [-0.1, -0.05) is 44.2 Å². The minimum absolute atomic E-state index is 0.128. The summed E-state index contributed by atoms with van der Waals surface area (Å²) in [5.74, 6) is 0.383. The van der Waals surface area contributed by atoms with E-state index in [1.807, 2.05) is 0 Å². The topological polar surface area (TPSA) is 60.9 Å². The lowest BCUT2D eigenvalue weighted by Gasteiger charge is -2.35. The number of piperazine rings is 1. The molecule has 0 unspecified atom stereocenters. The first-order chi connectivity index (χ1) is 13.8. The Kier molecular flexibility index (Phi) is 7.10. The highest BCUT2D eigenvalue weighted by atomic mass is 32.2. The number of hydrogen-bond acceptors (Lipinski definition) is 5. The van der Waals surface area contributed by atoms with E-state index in [2.05, 4.69) is 43.0 Å². The summed E-state index contributed by atoms with van der Waals surface area (Å²) in [7, 11) is -2.13. The molecule has 6 nitrogen and oxygen atoms in total. The van der Waals surface area contributed by atoms with Gasteiger partial charge in [0.25, 0.3) is 10.0 Å². The van der Waals surface area contributed by atoms with Gasteiger partial charge in [-0.25, -0.2) is 8.42 Å². The zero-order chi connectivity index (χ0) is 21.0. The second-order valence-corrected chi connectivity index (χ2v) is 11.0. The first kappa shape index (κ1) is 22.0. The predicted octanol–water partition coefficient (Wildman–Crippen LogP) is 2.84. The monoisotopic (exact) mass is 435 g/mol. The molecule has 0 aliphatic carbocycles. The van der Waals surface area contributed by atoms with E-state index in [1.165, 1.54) is 18.2 Å². The van der Waals surface area contributed by atoms with Crippen LogP contribution in [0.4, 0.5) is 0 Å². The molecule has 2 heterocycles. The zero-order valence-electron chi connectivity index (χ0n) is 17.2. The highest BCUT2D eigenvalue weighted by molar-refractivity contribution is 7.91. The quantitative estimate of drug-likeness (QED) is 0.671. The molecule has 0 N–H and O–H groups in total. The molecule has 0 radical (unpaired) electrons. The highest BCUT2D eigenvalue weighted by Crippen LogP contribution is 2.20. The Labute approximate surface area is 177 Å². The van der Waals surface area contributed by atoms with Crippen molar-refractivity contribution in [3.05, 3.63) is 52.9 Å². The smallest absolute Gasteiger partial charge is 0.252 e. The first-order valence-electron chi connectivity index (χ1n) is 9.86. The zero-order valence-corrected chi connectivity index (χ0v) is 18.9. The fraction of sp³-hybridized carbons (Fsp3) is 0.476. The van der Waals surface area contributed by atoms with Gasteiger partial charge in [0.15, 0.2) is 0 Å². The Morgan fingerprint density at radius 3 is 2.31 bits per heavy atom. The van der Waals surface area contributed by atoms with E-state index >= 15 is 0 Å². The molecule has 1 aliphatic rings. The van der Waals surface area contributed by atoms with Gasteiger partial charge in [-0.3, -0.25) is 9.69 Å². The predicted molar refractivity (Wildman–Crippen MR) is 117 cm³/mol. The second kappa shape index (κ2) is 9.38. The summed E-state index contributed by atoms with van der Waals surface area (Å²) < 4.78 is 26.4. The summed E-state index contributed by atoms with van der Waals surface area (Å²) in [5, 5.41) is 1.72. The van der Waals surface area contributed by atoms with E-state index in [0.717, 1.165) is 35.3 Å². The molecule has 3 rings (SSSR count). The van der Waals surface area contributed by atoms with Gasteiger partial charge in [0, 0.05) is 39.8 Å². The van der Waals surface area contributed by atoms with Crippen molar-refractivity contribution in [2.75, 3.05) is 39.8 Å². The minimum atomic E-state index is -3.60. The molecule has 1 amide bonds. The molecule has 0 atom stereocenters. The number of thiophene rings is 1. The van der Waals surface area contributed by atoms with Gasteiger partial charge in [0.2, 0.25) is 5.91 Å². The Morgan fingerprint density at radius 2 is 1.76 bits per heavy atom. The lowest BCUT2D eigenvalue weighted by molar-refractivity contribution is -0.133. The summed E-state index contributed by atoms with van der Waals surface area (Å²) >= 11 is 1.16. The summed E-state index contributed by atoms with van der Waals surface area (Å²) in [5.41, 5.74) is 2.61. The molecule has 1 saturated heterocycles. The SMILES string of the molecule is CC(C)c1ccc(CN2CCN(C(=O)CN(C)S(=O)(=O)c3cccs3)CC2)cc1. The van der Waals surface area contributed by atoms with Crippen LogP contribution in [0.15, 0.2) is 46.0 Å². The summed E-state index contributed by atoms with van der Waals surface area (Å²) in [6.07, 6.45) is 0. The van der Waals surface area contributed by atoms with E-state index < -0.39 is 10.0 Å². The fourth-order valence-electron chi connectivity index (χ4n) is 3.36. The number of likely N-dealkylation sites (N-methyl/N-ethyl adjacent to an activating group) is 1. The average molecular weight is 436 g/mol. The van der Waals surface area contributed by atoms with Crippen molar-refractivity contribution in [3.63, 3.8) is 0 Å². The van der Waals surface area contributed by atoms with Crippen LogP contribution < -0.4 is 0 Å². The number of carbonyl (C=O) groups excluding carboxylic acids is 1. The molecule has 0 saturated carbocycles. The van der Waals surface area contributed by atoms with Crippen molar-refractivity contribution in [2.24, 2.45) is 0 Å². The van der Waals surface area contributed by atoms with Crippen molar-refractivity contribution < 1.29 is 13.2 Å². The standard InChI is InChI=1S/C21H29N3O3S2/c1-17(2)19-8-6-18(7-9-19)15-23-10-12-24(13-11-23)20(25)16-22(3)29(26,27)21-5-4-14-28-21/h4-9,14,17H,10-13,15-16H2,1-3H3. The molecule has 8 heteroatoms. The van der Waals surface area contributed by atoms with Gasteiger partial charge in [-0.05, 0) is 28.5 Å². The maximum absolute atomic E-state index is 12.6. The van der Waals surface area contributed by atoms with E-state index in [4.69, 9.17) is 0 Å². The molecule has 2 aromatic rings. The van der Waals surface area contributed by atoms with Crippen LogP contribution in [0.1, 0.15) is 30.9 Å². The molecule has 1 aromatic carbocycles. The molecule has 0 bridgehead atoms. The van der Waals surface area contributed by atoms with Crippen molar-refractivity contribution in [1.29, 1.82) is 0 Å². The van der Waals surface area contributed by atoms with Crippen molar-refractivity contribution in [2.45, 2.75) is 30.5 Å². The number of amides is 1. The van der Waals surface area contributed by atoms with Crippen LogP contribution in [0, 0.1) is 0 Å². The third kappa shape index (κ3) is 5.45. The van der Waals surface area contributed by atoms with E-state index in [0.29, 0.717) is 19.0 Å². The normalized spacial score (nSPS) is 16.0. The van der Waals surface area contributed by atoms with Crippen molar-refractivity contribution >= 4 is 27.3 Å². The van der Waals surface area contributed by atoms with Crippen LogP contribution in [0.3, 0.4) is 0 Å². The summed E-state index contributed by atoms with van der Waals surface area (Å²) in [4.78, 5) is 16.7. The van der Waals surface area contributed by atoms with Gasteiger partial charge < -0.3 is 4.90 Å². The third-order valence-electron chi connectivity index (χ3n) is 5.30. The number of sulfonamides is 1. The fourth-order valence-corrected chi connectivity index (χ4v) is 5.68. The largest absolute Gasteiger partial charge is 0.339 e. The average Bonchev–Trinajstić information content (AvgIpc) is 3.24. The van der Waals surface area contributed by atoms with Crippen LogP contribution in [-0.4, -0.2) is 68.2 Å². The lowest BCUT2D eigenvalue weighted by atomic mass is 10.0. The highest BCUT2D eigenvalue weighted by Gasteiger charge is 2.27. The van der Waals surface area contributed by atoms with Gasteiger partial charge in [0.05, 0.1) is 6.54 Å². The Hall–Kier alpha value is -1.74. The maximum Gasteiger partial charge on any atom is 0.252 e. The molecular weight excluding hydrogens is 406 g/mol. The van der Waals surface area contributed by atoms with E-state index in [9.17, 15) is 13.2 Å². The molecule has 1 aromatic heterocycles. The van der Waals surface area contributed by atoms with Gasteiger partial charge in [-0.15, -0.1) is 11.3 Å². The molecule has 29 heavy (non-hydrogen) atoms. The van der Waals surface area contributed by atoms with Gasteiger partial charge >= 0.3 is 0 Å². The lowest BCUT2D eigenvalue weighted by Crippen LogP contribution is -2.51.